The summed E-state index contributed by atoms with van der Waals surface area (Å²) < 4.78 is 11.2. The molecule has 2 aromatic carbocycles. The van der Waals surface area contributed by atoms with Gasteiger partial charge in [-0.25, -0.2) is 0 Å². The largest absolute Gasteiger partial charge is 0.483 e. The van der Waals surface area contributed by atoms with Crippen LogP contribution in [0.15, 0.2) is 48.5 Å². The van der Waals surface area contributed by atoms with E-state index in [4.69, 9.17) is 9.47 Å². The molecule has 3 rings (SSSR count). The fourth-order valence-corrected chi connectivity index (χ4v) is 3.29. The monoisotopic (exact) mass is 368 g/mol. The molecule has 2 aromatic rings. The third-order valence-electron chi connectivity index (χ3n) is 4.87. The minimum atomic E-state index is -0.106. The number of nitrogens with one attached hydrogen (secondary N) is 1. The fraction of sp³-hybridized carbons (Fsp3) is 0.409. The molecule has 0 saturated carbocycles. The number of aryl methyl sites for hydroxylation is 2. The number of hydrogen-bond acceptors (Lipinski definition) is 4. The van der Waals surface area contributed by atoms with Crippen molar-refractivity contribution in [2.45, 2.75) is 19.9 Å². The van der Waals surface area contributed by atoms with Gasteiger partial charge in [-0.2, -0.15) is 0 Å². The fourth-order valence-electron chi connectivity index (χ4n) is 3.29. The van der Waals surface area contributed by atoms with Crippen LogP contribution in [0.1, 0.15) is 22.7 Å². The summed E-state index contributed by atoms with van der Waals surface area (Å²) >= 11 is 0. The highest BCUT2D eigenvalue weighted by atomic mass is 16.5. The van der Waals surface area contributed by atoms with Gasteiger partial charge in [0.25, 0.3) is 5.91 Å². The van der Waals surface area contributed by atoms with Crippen LogP contribution in [0.25, 0.3) is 0 Å². The Hall–Kier alpha value is -2.37. The predicted molar refractivity (Wildman–Crippen MR) is 106 cm³/mol. The average Bonchev–Trinajstić information content (AvgIpc) is 2.70. The molecule has 1 atom stereocenters. The summed E-state index contributed by atoms with van der Waals surface area (Å²) in [6, 6.07) is 16.4. The highest BCUT2D eigenvalue weighted by Crippen LogP contribution is 2.21. The van der Waals surface area contributed by atoms with Crippen molar-refractivity contribution in [1.82, 2.24) is 10.2 Å². The zero-order valence-electron chi connectivity index (χ0n) is 16.1. The molecule has 1 unspecified atom stereocenters. The molecule has 0 spiro atoms. The molecule has 0 bridgehead atoms. The first-order chi connectivity index (χ1) is 13.1. The van der Waals surface area contributed by atoms with Crippen LogP contribution in [0.3, 0.4) is 0 Å². The van der Waals surface area contributed by atoms with Crippen molar-refractivity contribution in [1.29, 1.82) is 0 Å². The maximum Gasteiger partial charge on any atom is 0.258 e. The van der Waals surface area contributed by atoms with Gasteiger partial charge in [0.2, 0.25) is 0 Å². The summed E-state index contributed by atoms with van der Waals surface area (Å²) in [4.78, 5) is 14.7. The quantitative estimate of drug-likeness (QED) is 0.817. The van der Waals surface area contributed by atoms with Crippen LogP contribution in [0.5, 0.6) is 5.75 Å². The molecule has 1 aliphatic heterocycles. The van der Waals surface area contributed by atoms with Gasteiger partial charge in [-0.05, 0) is 36.6 Å². The zero-order valence-corrected chi connectivity index (χ0v) is 16.1. The second-order valence-electron chi connectivity index (χ2n) is 6.94. The van der Waals surface area contributed by atoms with Crippen LogP contribution in [0.2, 0.25) is 0 Å². The first-order valence-electron chi connectivity index (χ1n) is 9.47. The molecule has 0 aliphatic carbocycles. The third kappa shape index (κ3) is 5.55. The van der Waals surface area contributed by atoms with E-state index in [0.29, 0.717) is 6.54 Å². The smallest absolute Gasteiger partial charge is 0.258 e. The topological polar surface area (TPSA) is 50.8 Å². The molecule has 1 saturated heterocycles. The highest BCUT2D eigenvalue weighted by molar-refractivity contribution is 5.77. The molecule has 144 valence electrons. The van der Waals surface area contributed by atoms with Gasteiger partial charge in [-0.3, -0.25) is 9.69 Å². The molecular weight excluding hydrogens is 340 g/mol. The lowest BCUT2D eigenvalue weighted by Crippen LogP contribution is -2.44. The van der Waals surface area contributed by atoms with Crippen molar-refractivity contribution < 1.29 is 14.3 Å². The van der Waals surface area contributed by atoms with E-state index in [0.717, 1.165) is 43.2 Å². The van der Waals surface area contributed by atoms with E-state index in [1.54, 1.807) is 0 Å². The third-order valence-corrected chi connectivity index (χ3v) is 4.87. The predicted octanol–water partition coefficient (Wildman–Crippen LogP) is 2.87. The van der Waals surface area contributed by atoms with Gasteiger partial charge >= 0.3 is 0 Å². The second kappa shape index (κ2) is 9.53. The Kier molecular flexibility index (Phi) is 6.85. The molecule has 1 heterocycles. The Bertz CT molecular complexity index is 742. The summed E-state index contributed by atoms with van der Waals surface area (Å²) in [5, 5.41) is 3.04. The molecular formula is C22H28N2O3. The number of morpholine rings is 1. The van der Waals surface area contributed by atoms with E-state index in [1.807, 2.05) is 50.2 Å². The minimum absolute atomic E-state index is 0.0227. The lowest BCUT2D eigenvalue weighted by atomic mass is 10.0. The standard InChI is InChI=1S/C22H28N2O3/c1-17-8-9-18(2)21(14-17)27-16-22(25)23-15-20(19-6-4-3-5-7-19)24-10-12-26-13-11-24/h3-9,14,20H,10-13,15-16H2,1-2H3,(H,23,25). The summed E-state index contributed by atoms with van der Waals surface area (Å²) in [5.41, 5.74) is 3.35. The Morgan fingerprint density at radius 1 is 1.15 bits per heavy atom. The number of carbonyl (C=O) groups is 1. The molecule has 1 amide bonds. The minimum Gasteiger partial charge on any atom is -0.483 e. The summed E-state index contributed by atoms with van der Waals surface area (Å²) in [6.07, 6.45) is 0. The van der Waals surface area contributed by atoms with E-state index in [1.165, 1.54) is 5.56 Å². The summed E-state index contributed by atoms with van der Waals surface area (Å²) in [5.74, 6) is 0.656. The van der Waals surface area contributed by atoms with Gasteiger partial charge in [0.15, 0.2) is 6.61 Å². The maximum absolute atomic E-state index is 12.4. The van der Waals surface area contributed by atoms with Crippen molar-refractivity contribution in [3.05, 3.63) is 65.2 Å². The first kappa shape index (κ1) is 19.4. The SMILES string of the molecule is Cc1ccc(C)c(OCC(=O)NCC(c2ccccc2)N2CCOCC2)c1. The van der Waals surface area contributed by atoms with Crippen LogP contribution >= 0.6 is 0 Å². The number of ether oxygens (including phenoxy) is 2. The lowest BCUT2D eigenvalue weighted by molar-refractivity contribution is -0.123. The van der Waals surface area contributed by atoms with E-state index in [-0.39, 0.29) is 18.6 Å². The lowest BCUT2D eigenvalue weighted by Gasteiger charge is -2.34. The molecule has 1 aliphatic rings. The molecule has 5 heteroatoms. The highest BCUT2D eigenvalue weighted by Gasteiger charge is 2.23. The number of rotatable bonds is 7. The van der Waals surface area contributed by atoms with E-state index in [9.17, 15) is 4.79 Å². The number of benzene rings is 2. The average molecular weight is 368 g/mol. The molecule has 1 N–H and O–H groups in total. The number of carbonyl (C=O) groups excluding carboxylic acids is 1. The number of amides is 1. The zero-order chi connectivity index (χ0) is 19.1. The van der Waals surface area contributed by atoms with E-state index in [2.05, 4.69) is 22.3 Å². The van der Waals surface area contributed by atoms with Crippen molar-refractivity contribution in [3.63, 3.8) is 0 Å². The summed E-state index contributed by atoms with van der Waals surface area (Å²) in [6.45, 7) is 7.77. The van der Waals surface area contributed by atoms with Crippen LogP contribution in [-0.4, -0.2) is 50.3 Å². The van der Waals surface area contributed by atoms with Crippen molar-refractivity contribution in [2.24, 2.45) is 0 Å². The molecule has 0 aromatic heterocycles. The summed E-state index contributed by atoms with van der Waals surface area (Å²) in [7, 11) is 0. The Balaban J connectivity index is 1.57. The Morgan fingerprint density at radius 3 is 2.63 bits per heavy atom. The van der Waals surface area contributed by atoms with Crippen molar-refractivity contribution in [3.8, 4) is 5.75 Å². The number of hydrogen-bond donors (Lipinski definition) is 1. The molecule has 0 radical (unpaired) electrons. The van der Waals surface area contributed by atoms with Gasteiger partial charge in [0.05, 0.1) is 19.3 Å². The normalized spacial score (nSPS) is 15.9. The first-order valence-corrected chi connectivity index (χ1v) is 9.47. The van der Waals surface area contributed by atoms with Gasteiger partial charge in [-0.15, -0.1) is 0 Å². The van der Waals surface area contributed by atoms with Crippen LogP contribution in [-0.2, 0) is 9.53 Å². The Morgan fingerprint density at radius 2 is 1.89 bits per heavy atom. The van der Waals surface area contributed by atoms with Crippen LogP contribution in [0.4, 0.5) is 0 Å². The maximum atomic E-state index is 12.4. The molecule has 1 fully saturated rings. The number of nitrogens with zero attached hydrogens (tertiary/aromatic N) is 1. The second-order valence-corrected chi connectivity index (χ2v) is 6.94. The van der Waals surface area contributed by atoms with Gasteiger partial charge in [-0.1, -0.05) is 42.5 Å². The van der Waals surface area contributed by atoms with Gasteiger partial charge < -0.3 is 14.8 Å². The van der Waals surface area contributed by atoms with E-state index >= 15 is 0 Å². The molecule has 5 nitrogen and oxygen atoms in total. The van der Waals surface area contributed by atoms with E-state index < -0.39 is 0 Å². The van der Waals surface area contributed by atoms with Gasteiger partial charge in [0.1, 0.15) is 5.75 Å². The van der Waals surface area contributed by atoms with Crippen LogP contribution in [0, 0.1) is 13.8 Å². The van der Waals surface area contributed by atoms with Crippen LogP contribution < -0.4 is 10.1 Å². The Labute approximate surface area is 161 Å². The molecule has 27 heavy (non-hydrogen) atoms. The van der Waals surface area contributed by atoms with Gasteiger partial charge in [0, 0.05) is 19.6 Å². The van der Waals surface area contributed by atoms with Crippen molar-refractivity contribution >= 4 is 5.91 Å². The van der Waals surface area contributed by atoms with Crippen molar-refractivity contribution in [2.75, 3.05) is 39.5 Å².